The van der Waals surface area contributed by atoms with Crippen LogP contribution in [0.4, 0.5) is 0 Å². The third-order valence-electron chi connectivity index (χ3n) is 2.17. The highest BCUT2D eigenvalue weighted by molar-refractivity contribution is 7.17. The van der Waals surface area contributed by atoms with Crippen molar-refractivity contribution in [2.24, 2.45) is 5.92 Å². The maximum atomic E-state index is 10.1. The normalized spacial score (nSPS) is 9.06. The predicted octanol–water partition coefficient (Wildman–Crippen LogP) is 5.16. The molecular formula is C15H22OS. The summed E-state index contributed by atoms with van der Waals surface area (Å²) in [5.41, 5.74) is 0. The second-order valence-corrected chi connectivity index (χ2v) is 4.67. The molecule has 0 bridgehead atoms. The van der Waals surface area contributed by atoms with Crippen molar-refractivity contribution in [3.8, 4) is 0 Å². The highest BCUT2D eigenvalue weighted by Crippen LogP contribution is 2.18. The number of hydrogen-bond donors (Lipinski definition) is 0. The molecule has 0 aliphatic rings. The van der Waals surface area contributed by atoms with Crippen molar-refractivity contribution < 1.29 is 4.79 Å². The molecule has 0 radical (unpaired) electrons. The number of fused-ring (bicyclic) bond motifs is 1. The zero-order valence-electron chi connectivity index (χ0n) is 11.4. The van der Waals surface area contributed by atoms with Crippen LogP contribution in [-0.4, -0.2) is 5.78 Å². The van der Waals surface area contributed by atoms with Crippen molar-refractivity contribution >= 4 is 27.2 Å². The van der Waals surface area contributed by atoms with Crippen molar-refractivity contribution in [2.45, 2.75) is 34.6 Å². The monoisotopic (exact) mass is 250 g/mol. The summed E-state index contributed by atoms with van der Waals surface area (Å²) in [6.45, 7) is 9.38. The Morgan fingerprint density at radius 2 is 1.65 bits per heavy atom. The van der Waals surface area contributed by atoms with Gasteiger partial charge in [0.25, 0.3) is 0 Å². The molecule has 0 saturated carbocycles. The third-order valence-corrected chi connectivity index (χ3v) is 3.07. The van der Waals surface area contributed by atoms with Crippen LogP contribution in [-0.2, 0) is 4.79 Å². The molecule has 2 heteroatoms. The van der Waals surface area contributed by atoms with Gasteiger partial charge in [0.1, 0.15) is 5.78 Å². The zero-order chi connectivity index (χ0) is 13.3. The van der Waals surface area contributed by atoms with E-state index < -0.39 is 0 Å². The molecule has 0 saturated heterocycles. The minimum absolute atomic E-state index is 0.213. The standard InChI is InChI=1S/C8H6S.C5H10O.C2H6/c1-2-4-8-7(3-1)5-6-9-8;1-4(2)5(3)6;1-2/h1-6H;4H,1-3H3;1-2H3. The zero-order valence-corrected chi connectivity index (χ0v) is 12.2. The molecule has 2 aromatic rings. The Balaban J connectivity index is 0.000000283. The van der Waals surface area contributed by atoms with E-state index in [1.54, 1.807) is 18.3 Å². The Morgan fingerprint density at radius 3 is 2.12 bits per heavy atom. The van der Waals surface area contributed by atoms with E-state index in [4.69, 9.17) is 0 Å². The first-order valence-corrected chi connectivity index (χ1v) is 6.92. The Hall–Kier alpha value is -1.15. The maximum Gasteiger partial charge on any atom is 0.132 e. The quantitative estimate of drug-likeness (QED) is 0.683. The molecule has 2 rings (SSSR count). The molecule has 0 fully saturated rings. The van der Waals surface area contributed by atoms with Crippen LogP contribution in [0.15, 0.2) is 35.7 Å². The van der Waals surface area contributed by atoms with Crippen LogP contribution >= 0.6 is 11.3 Å². The summed E-state index contributed by atoms with van der Waals surface area (Å²) >= 11 is 1.79. The van der Waals surface area contributed by atoms with Gasteiger partial charge in [-0.2, -0.15) is 0 Å². The summed E-state index contributed by atoms with van der Waals surface area (Å²) in [5.74, 6) is 0.472. The van der Waals surface area contributed by atoms with Gasteiger partial charge in [0, 0.05) is 10.6 Å². The van der Waals surface area contributed by atoms with Gasteiger partial charge in [0.05, 0.1) is 0 Å². The molecule has 0 aliphatic heterocycles. The topological polar surface area (TPSA) is 17.1 Å². The summed E-state index contributed by atoms with van der Waals surface area (Å²) < 4.78 is 1.37. The van der Waals surface area contributed by atoms with Crippen LogP contribution in [0.1, 0.15) is 34.6 Å². The van der Waals surface area contributed by atoms with Crippen LogP contribution in [0.5, 0.6) is 0 Å². The van der Waals surface area contributed by atoms with Crippen molar-refractivity contribution in [1.82, 2.24) is 0 Å². The van der Waals surface area contributed by atoms with Crippen LogP contribution in [0.25, 0.3) is 10.1 Å². The van der Waals surface area contributed by atoms with Gasteiger partial charge in [-0.15, -0.1) is 11.3 Å². The average molecular weight is 250 g/mol. The first-order valence-electron chi connectivity index (χ1n) is 6.04. The maximum absolute atomic E-state index is 10.1. The molecule has 0 unspecified atom stereocenters. The van der Waals surface area contributed by atoms with Crippen LogP contribution in [0.2, 0.25) is 0 Å². The van der Waals surface area contributed by atoms with Crippen molar-refractivity contribution in [3.05, 3.63) is 35.7 Å². The van der Waals surface area contributed by atoms with Gasteiger partial charge in [0.15, 0.2) is 0 Å². The lowest BCUT2D eigenvalue weighted by atomic mass is 10.1. The second-order valence-electron chi connectivity index (χ2n) is 3.72. The highest BCUT2D eigenvalue weighted by atomic mass is 32.1. The van der Waals surface area contributed by atoms with Gasteiger partial charge in [-0.05, 0) is 29.8 Å². The SMILES string of the molecule is CC.CC(=O)C(C)C.c1ccc2sccc2c1. The van der Waals surface area contributed by atoms with Crippen molar-refractivity contribution in [3.63, 3.8) is 0 Å². The fraction of sp³-hybridized carbons (Fsp3) is 0.400. The van der Waals surface area contributed by atoms with Gasteiger partial charge in [0.2, 0.25) is 0 Å². The van der Waals surface area contributed by atoms with E-state index in [-0.39, 0.29) is 11.7 Å². The molecule has 17 heavy (non-hydrogen) atoms. The number of thiophene rings is 1. The molecule has 0 N–H and O–H groups in total. The second kappa shape index (κ2) is 8.94. The Bertz CT molecular complexity index is 399. The number of Topliss-reactive ketones (excluding diaryl/α,β-unsaturated/α-hetero) is 1. The van der Waals surface area contributed by atoms with Gasteiger partial charge < -0.3 is 0 Å². The molecule has 1 aromatic carbocycles. The van der Waals surface area contributed by atoms with E-state index in [1.807, 2.05) is 27.7 Å². The number of hydrogen-bond acceptors (Lipinski definition) is 2. The van der Waals surface area contributed by atoms with Gasteiger partial charge in [-0.25, -0.2) is 0 Å². The Kier molecular flexibility index (Phi) is 8.34. The first-order chi connectivity index (χ1) is 8.11. The van der Waals surface area contributed by atoms with Gasteiger partial charge >= 0.3 is 0 Å². The fourth-order valence-electron chi connectivity index (χ4n) is 0.906. The Morgan fingerprint density at radius 1 is 1.12 bits per heavy atom. The molecule has 94 valence electrons. The predicted molar refractivity (Wildman–Crippen MR) is 78.7 cm³/mol. The minimum Gasteiger partial charge on any atom is -0.300 e. The summed E-state index contributed by atoms with van der Waals surface area (Å²) in [4.78, 5) is 10.1. The third kappa shape index (κ3) is 6.22. The van der Waals surface area contributed by atoms with Crippen LogP contribution < -0.4 is 0 Å². The number of ketones is 1. The van der Waals surface area contributed by atoms with E-state index in [0.29, 0.717) is 0 Å². The molecule has 1 nitrogen and oxygen atoms in total. The lowest BCUT2D eigenvalue weighted by Crippen LogP contribution is -1.98. The van der Waals surface area contributed by atoms with E-state index in [2.05, 4.69) is 35.7 Å². The summed E-state index contributed by atoms with van der Waals surface area (Å²) in [6, 6.07) is 10.5. The average Bonchev–Trinajstić information content (AvgIpc) is 2.80. The minimum atomic E-state index is 0.213. The highest BCUT2D eigenvalue weighted by Gasteiger charge is 1.95. The number of carbonyl (C=O) groups excluding carboxylic acids is 1. The summed E-state index contributed by atoms with van der Waals surface area (Å²) in [5, 5.41) is 3.47. The fourth-order valence-corrected chi connectivity index (χ4v) is 1.70. The van der Waals surface area contributed by atoms with E-state index in [1.165, 1.54) is 10.1 Å². The van der Waals surface area contributed by atoms with Crippen LogP contribution in [0.3, 0.4) is 0 Å². The molecule has 1 aromatic heterocycles. The number of carbonyl (C=O) groups is 1. The molecule has 0 spiro atoms. The van der Waals surface area contributed by atoms with Crippen molar-refractivity contribution in [1.29, 1.82) is 0 Å². The first kappa shape index (κ1) is 15.9. The van der Waals surface area contributed by atoms with Crippen molar-refractivity contribution in [2.75, 3.05) is 0 Å². The van der Waals surface area contributed by atoms with Gasteiger partial charge in [-0.3, -0.25) is 4.79 Å². The van der Waals surface area contributed by atoms with Gasteiger partial charge in [-0.1, -0.05) is 45.9 Å². The molecular weight excluding hydrogens is 228 g/mol. The smallest absolute Gasteiger partial charge is 0.132 e. The molecule has 0 aliphatic carbocycles. The Labute approximate surface area is 108 Å². The number of benzene rings is 1. The number of rotatable bonds is 1. The van der Waals surface area contributed by atoms with E-state index in [9.17, 15) is 4.79 Å². The lowest BCUT2D eigenvalue weighted by molar-refractivity contribution is -0.119. The molecule has 0 amide bonds. The van der Waals surface area contributed by atoms with Crippen LogP contribution in [0, 0.1) is 5.92 Å². The summed E-state index contributed by atoms with van der Waals surface area (Å²) in [7, 11) is 0. The molecule has 0 atom stereocenters. The largest absolute Gasteiger partial charge is 0.300 e. The van der Waals surface area contributed by atoms with E-state index >= 15 is 0 Å². The van der Waals surface area contributed by atoms with E-state index in [0.717, 1.165) is 0 Å². The lowest BCUT2D eigenvalue weighted by Gasteiger charge is -1.90. The molecule has 1 heterocycles. The summed E-state index contributed by atoms with van der Waals surface area (Å²) in [6.07, 6.45) is 0.